The van der Waals surface area contributed by atoms with Gasteiger partial charge in [-0.1, -0.05) is 29.8 Å². The number of benzene rings is 1. The Bertz CT molecular complexity index is 520. The number of nitrogens with two attached hydrogens (primary N) is 1. The summed E-state index contributed by atoms with van der Waals surface area (Å²) in [5, 5.41) is 0. The van der Waals surface area contributed by atoms with Gasteiger partial charge in [-0.3, -0.25) is 11.3 Å². The average Bonchev–Trinajstić information content (AvgIpc) is 2.66. The van der Waals surface area contributed by atoms with Crippen molar-refractivity contribution in [3.05, 3.63) is 54.6 Å². The van der Waals surface area contributed by atoms with Gasteiger partial charge in [0.25, 0.3) is 0 Å². The highest BCUT2D eigenvalue weighted by Crippen LogP contribution is 2.36. The van der Waals surface area contributed by atoms with Crippen molar-refractivity contribution in [2.24, 2.45) is 5.84 Å². The number of thiophene rings is 1. The van der Waals surface area contributed by atoms with Gasteiger partial charge in [0, 0.05) is 9.35 Å². The van der Waals surface area contributed by atoms with Crippen molar-refractivity contribution < 1.29 is 0 Å². The van der Waals surface area contributed by atoms with Crippen LogP contribution in [0, 0.1) is 6.92 Å². The van der Waals surface area contributed by atoms with E-state index in [-0.39, 0.29) is 6.04 Å². The molecule has 18 heavy (non-hydrogen) atoms. The SMILES string of the molecule is Cc1cccc(CC(NN)c2cc(Br)c(Br)s2)c1. The summed E-state index contributed by atoms with van der Waals surface area (Å²) >= 11 is 8.72. The van der Waals surface area contributed by atoms with Gasteiger partial charge in [0.1, 0.15) is 0 Å². The van der Waals surface area contributed by atoms with Crippen LogP contribution in [0.2, 0.25) is 0 Å². The van der Waals surface area contributed by atoms with Gasteiger partial charge in [-0.2, -0.15) is 0 Å². The fourth-order valence-electron chi connectivity index (χ4n) is 1.85. The van der Waals surface area contributed by atoms with E-state index in [1.165, 1.54) is 16.0 Å². The minimum Gasteiger partial charge on any atom is -0.271 e. The molecular formula is C13H14Br2N2S. The molecule has 2 aromatic rings. The Labute approximate surface area is 128 Å². The molecule has 0 aliphatic rings. The maximum Gasteiger partial charge on any atom is 0.0843 e. The van der Waals surface area contributed by atoms with Crippen LogP contribution >= 0.6 is 43.2 Å². The van der Waals surface area contributed by atoms with E-state index in [0.29, 0.717) is 0 Å². The standard InChI is InChI=1S/C13H14Br2N2S/c1-8-3-2-4-9(5-8)6-11(17-16)12-7-10(14)13(15)18-12/h2-5,7,11,17H,6,16H2,1H3. The summed E-state index contributed by atoms with van der Waals surface area (Å²) in [6, 6.07) is 10.8. The average molecular weight is 390 g/mol. The molecule has 0 spiro atoms. The van der Waals surface area contributed by atoms with E-state index >= 15 is 0 Å². The van der Waals surface area contributed by atoms with Crippen LogP contribution in [0.3, 0.4) is 0 Å². The Hall–Kier alpha value is -0.200. The van der Waals surface area contributed by atoms with Crippen LogP contribution in [0.25, 0.3) is 0 Å². The first kappa shape index (κ1) is 14.2. The van der Waals surface area contributed by atoms with Crippen LogP contribution in [0.5, 0.6) is 0 Å². The Morgan fingerprint density at radius 1 is 1.33 bits per heavy atom. The number of hydrogen-bond donors (Lipinski definition) is 2. The van der Waals surface area contributed by atoms with Gasteiger partial charge in [0.05, 0.1) is 9.83 Å². The molecule has 0 fully saturated rings. The Morgan fingerprint density at radius 2 is 2.11 bits per heavy atom. The summed E-state index contributed by atoms with van der Waals surface area (Å²) in [5.41, 5.74) is 5.46. The molecule has 5 heteroatoms. The summed E-state index contributed by atoms with van der Waals surface area (Å²) in [6.45, 7) is 2.10. The second-order valence-electron chi connectivity index (χ2n) is 4.18. The van der Waals surface area contributed by atoms with E-state index in [1.807, 2.05) is 0 Å². The van der Waals surface area contributed by atoms with Gasteiger partial charge < -0.3 is 0 Å². The van der Waals surface area contributed by atoms with Gasteiger partial charge in [-0.15, -0.1) is 11.3 Å². The lowest BCUT2D eigenvalue weighted by molar-refractivity contribution is 0.560. The maximum absolute atomic E-state index is 5.68. The van der Waals surface area contributed by atoms with Crippen LogP contribution in [0.4, 0.5) is 0 Å². The van der Waals surface area contributed by atoms with Crippen LogP contribution in [0.15, 0.2) is 38.6 Å². The fourth-order valence-corrected chi connectivity index (χ4v) is 4.00. The lowest BCUT2D eigenvalue weighted by Gasteiger charge is -2.14. The molecule has 0 saturated heterocycles. The van der Waals surface area contributed by atoms with Crippen molar-refractivity contribution in [2.45, 2.75) is 19.4 Å². The van der Waals surface area contributed by atoms with Gasteiger partial charge in [-0.05, 0) is 56.8 Å². The molecule has 96 valence electrons. The highest BCUT2D eigenvalue weighted by Gasteiger charge is 2.15. The highest BCUT2D eigenvalue weighted by atomic mass is 79.9. The number of halogens is 2. The van der Waals surface area contributed by atoms with Crippen molar-refractivity contribution in [1.82, 2.24) is 5.43 Å². The Kier molecular flexibility index (Phi) is 4.98. The van der Waals surface area contributed by atoms with Crippen LogP contribution in [-0.2, 0) is 6.42 Å². The smallest absolute Gasteiger partial charge is 0.0843 e. The molecule has 2 nitrogen and oxygen atoms in total. The molecule has 0 aliphatic heterocycles. The van der Waals surface area contributed by atoms with Gasteiger partial charge in [0.15, 0.2) is 0 Å². The van der Waals surface area contributed by atoms with Crippen LogP contribution in [0.1, 0.15) is 22.0 Å². The van der Waals surface area contributed by atoms with Gasteiger partial charge in [-0.25, -0.2) is 0 Å². The summed E-state index contributed by atoms with van der Waals surface area (Å²) in [5.74, 6) is 5.68. The number of hydrazine groups is 1. The van der Waals surface area contributed by atoms with E-state index in [9.17, 15) is 0 Å². The summed E-state index contributed by atoms with van der Waals surface area (Å²) in [4.78, 5) is 1.22. The van der Waals surface area contributed by atoms with Crippen LogP contribution < -0.4 is 11.3 Å². The number of aryl methyl sites for hydroxylation is 1. The third-order valence-electron chi connectivity index (χ3n) is 2.73. The van der Waals surface area contributed by atoms with E-state index < -0.39 is 0 Å². The van der Waals surface area contributed by atoms with Gasteiger partial charge >= 0.3 is 0 Å². The molecule has 0 aliphatic carbocycles. The molecule has 0 saturated carbocycles. The first-order valence-electron chi connectivity index (χ1n) is 5.56. The van der Waals surface area contributed by atoms with Crippen molar-refractivity contribution in [1.29, 1.82) is 0 Å². The molecule has 1 aromatic carbocycles. The summed E-state index contributed by atoms with van der Waals surface area (Å²) < 4.78 is 2.17. The summed E-state index contributed by atoms with van der Waals surface area (Å²) in [6.07, 6.45) is 0.886. The molecular weight excluding hydrogens is 376 g/mol. The lowest BCUT2D eigenvalue weighted by atomic mass is 10.0. The fraction of sp³-hybridized carbons (Fsp3) is 0.231. The van der Waals surface area contributed by atoms with E-state index in [2.05, 4.69) is 74.5 Å². The first-order valence-corrected chi connectivity index (χ1v) is 7.97. The minimum absolute atomic E-state index is 0.138. The molecule has 2 rings (SSSR count). The lowest BCUT2D eigenvalue weighted by Crippen LogP contribution is -2.28. The second kappa shape index (κ2) is 6.30. The van der Waals surface area contributed by atoms with Crippen molar-refractivity contribution in [3.63, 3.8) is 0 Å². The normalized spacial score (nSPS) is 12.7. The molecule has 1 aromatic heterocycles. The quantitative estimate of drug-likeness (QED) is 0.603. The first-order chi connectivity index (χ1) is 8.60. The topological polar surface area (TPSA) is 38.0 Å². The van der Waals surface area contributed by atoms with Crippen molar-refractivity contribution >= 4 is 43.2 Å². The maximum atomic E-state index is 5.68. The van der Waals surface area contributed by atoms with Gasteiger partial charge in [0.2, 0.25) is 0 Å². The van der Waals surface area contributed by atoms with E-state index in [4.69, 9.17) is 5.84 Å². The Morgan fingerprint density at radius 3 is 2.67 bits per heavy atom. The second-order valence-corrected chi connectivity index (χ2v) is 7.44. The third-order valence-corrected chi connectivity index (χ3v) is 6.10. The number of hydrogen-bond acceptors (Lipinski definition) is 3. The molecule has 0 bridgehead atoms. The highest BCUT2D eigenvalue weighted by molar-refractivity contribution is 9.13. The Balaban J connectivity index is 2.19. The molecule has 1 unspecified atom stereocenters. The molecule has 0 amide bonds. The van der Waals surface area contributed by atoms with Crippen molar-refractivity contribution in [3.8, 4) is 0 Å². The predicted octanol–water partition coefficient (Wildman–Crippen LogP) is 4.33. The third kappa shape index (κ3) is 3.42. The number of nitrogens with one attached hydrogen (secondary N) is 1. The zero-order chi connectivity index (χ0) is 13.1. The summed E-state index contributed by atoms with van der Waals surface area (Å²) in [7, 11) is 0. The predicted molar refractivity (Wildman–Crippen MR) is 84.7 cm³/mol. The number of rotatable bonds is 4. The molecule has 0 radical (unpaired) electrons. The zero-order valence-electron chi connectivity index (χ0n) is 9.91. The molecule has 1 atom stereocenters. The van der Waals surface area contributed by atoms with E-state index in [1.54, 1.807) is 11.3 Å². The van der Waals surface area contributed by atoms with E-state index in [0.717, 1.165) is 14.7 Å². The minimum atomic E-state index is 0.138. The van der Waals surface area contributed by atoms with Crippen molar-refractivity contribution in [2.75, 3.05) is 0 Å². The zero-order valence-corrected chi connectivity index (χ0v) is 13.9. The monoisotopic (exact) mass is 388 g/mol. The molecule has 1 heterocycles. The van der Waals surface area contributed by atoms with Crippen LogP contribution in [-0.4, -0.2) is 0 Å². The largest absolute Gasteiger partial charge is 0.271 e. The molecule has 3 N–H and O–H groups in total.